The fourth-order valence-electron chi connectivity index (χ4n) is 4.62. The number of rotatable bonds is 11. The van der Waals surface area contributed by atoms with E-state index in [0.717, 1.165) is 79.7 Å². The van der Waals surface area contributed by atoms with Gasteiger partial charge in [0.1, 0.15) is 0 Å². The summed E-state index contributed by atoms with van der Waals surface area (Å²) in [6.07, 6.45) is 2.22. The van der Waals surface area contributed by atoms with Crippen LogP contribution in [0.1, 0.15) is 12.8 Å². The maximum Gasteiger partial charge on any atom is 0.166 e. The predicted octanol–water partition coefficient (Wildman–Crippen LogP) is 9.47. The molecule has 0 saturated carbocycles. The lowest BCUT2D eigenvalue weighted by Gasteiger charge is -2.02. The predicted molar refractivity (Wildman–Crippen MR) is 170 cm³/mol. The van der Waals surface area contributed by atoms with Crippen molar-refractivity contribution in [3.63, 3.8) is 0 Å². The average molecular weight is 559 g/mol. The van der Waals surface area contributed by atoms with Gasteiger partial charge in [0, 0.05) is 33.8 Å². The lowest BCUT2D eigenvalue weighted by molar-refractivity contribution is 0.899. The zero-order valence-electron chi connectivity index (χ0n) is 22.1. The van der Waals surface area contributed by atoms with E-state index in [1.807, 2.05) is 24.3 Å². The summed E-state index contributed by atoms with van der Waals surface area (Å²) in [7, 11) is 0. The van der Waals surface area contributed by atoms with E-state index in [0.29, 0.717) is 0 Å². The van der Waals surface area contributed by atoms with Gasteiger partial charge in [-0.2, -0.15) is 0 Å². The molecule has 0 aliphatic rings. The van der Waals surface area contributed by atoms with Crippen molar-refractivity contribution >= 4 is 23.5 Å². The molecule has 0 spiro atoms. The topological polar surface area (TPSA) is 57.4 Å². The minimum absolute atomic E-state index is 0.969. The normalized spacial score (nSPS) is 11.1. The molecule has 6 rings (SSSR count). The summed E-state index contributed by atoms with van der Waals surface area (Å²) in [5.74, 6) is 2.03. The van der Waals surface area contributed by atoms with E-state index in [9.17, 15) is 0 Å². The Hall–Kier alpha value is -4.00. The van der Waals surface area contributed by atoms with Crippen molar-refractivity contribution < 1.29 is 0 Å². The van der Waals surface area contributed by atoms with E-state index < -0.39 is 0 Å². The van der Waals surface area contributed by atoms with E-state index in [2.05, 4.69) is 107 Å². The van der Waals surface area contributed by atoms with Crippen molar-refractivity contribution in [3.05, 3.63) is 121 Å². The van der Waals surface area contributed by atoms with E-state index in [1.165, 1.54) is 0 Å². The number of aromatic amines is 2. The van der Waals surface area contributed by atoms with E-state index >= 15 is 0 Å². The Morgan fingerprint density at radius 2 is 0.750 bits per heavy atom. The third kappa shape index (κ3) is 6.24. The first-order valence-corrected chi connectivity index (χ1v) is 15.5. The molecule has 0 radical (unpaired) electrons. The molecule has 0 unspecified atom stereocenters. The summed E-state index contributed by atoms with van der Waals surface area (Å²) in [4.78, 5) is 17.1. The van der Waals surface area contributed by atoms with Crippen molar-refractivity contribution in [3.8, 4) is 45.0 Å². The monoisotopic (exact) mass is 558 g/mol. The van der Waals surface area contributed by atoms with Crippen molar-refractivity contribution in [2.75, 3.05) is 11.5 Å². The first-order chi connectivity index (χ1) is 19.8. The van der Waals surface area contributed by atoms with E-state index in [4.69, 9.17) is 9.97 Å². The molecule has 198 valence electrons. The second kappa shape index (κ2) is 12.9. The van der Waals surface area contributed by atoms with Crippen molar-refractivity contribution in [1.82, 2.24) is 19.9 Å². The highest BCUT2D eigenvalue weighted by molar-refractivity contribution is 7.99. The number of nitrogens with one attached hydrogen (secondary N) is 2. The number of thioether (sulfide) groups is 2. The smallest absolute Gasteiger partial charge is 0.166 e. The number of imidazole rings is 2. The third-order valence-electron chi connectivity index (χ3n) is 6.60. The Labute approximate surface area is 243 Å². The number of nitrogens with zero attached hydrogens (tertiary/aromatic N) is 2. The van der Waals surface area contributed by atoms with Gasteiger partial charge in [0.25, 0.3) is 0 Å². The van der Waals surface area contributed by atoms with Gasteiger partial charge in [-0.25, -0.2) is 9.97 Å². The quantitative estimate of drug-likeness (QED) is 0.123. The lowest BCUT2D eigenvalue weighted by atomic mass is 10.1. The molecule has 0 atom stereocenters. The van der Waals surface area contributed by atoms with Gasteiger partial charge in [0.15, 0.2) is 10.3 Å². The molecule has 0 aliphatic heterocycles. The van der Waals surface area contributed by atoms with Gasteiger partial charge in [-0.15, -0.1) is 0 Å². The van der Waals surface area contributed by atoms with Crippen LogP contribution in [0.15, 0.2) is 132 Å². The fraction of sp³-hybridized carbons (Fsp3) is 0.118. The van der Waals surface area contributed by atoms with Crippen LogP contribution in [0.25, 0.3) is 45.0 Å². The van der Waals surface area contributed by atoms with Crippen molar-refractivity contribution in [2.24, 2.45) is 0 Å². The number of unbranched alkanes of at least 4 members (excludes halogenated alkanes) is 1. The molecular weight excluding hydrogens is 529 g/mol. The summed E-state index contributed by atoms with van der Waals surface area (Å²) >= 11 is 3.59. The average Bonchev–Trinajstić information content (AvgIpc) is 3.66. The zero-order valence-corrected chi connectivity index (χ0v) is 23.7. The summed E-state index contributed by atoms with van der Waals surface area (Å²) in [5, 5.41) is 1.94. The van der Waals surface area contributed by atoms with Crippen LogP contribution in [-0.2, 0) is 0 Å². The molecule has 6 heteroatoms. The van der Waals surface area contributed by atoms with E-state index in [-0.39, 0.29) is 0 Å². The van der Waals surface area contributed by atoms with Crippen molar-refractivity contribution in [1.29, 1.82) is 0 Å². The van der Waals surface area contributed by atoms with Crippen LogP contribution in [0.3, 0.4) is 0 Å². The third-order valence-corrected chi connectivity index (χ3v) is 8.52. The number of hydrogen-bond acceptors (Lipinski definition) is 4. The van der Waals surface area contributed by atoms with Gasteiger partial charge in [-0.3, -0.25) is 0 Å². The first-order valence-electron chi connectivity index (χ1n) is 13.5. The second-order valence-corrected chi connectivity index (χ2v) is 11.6. The molecule has 0 amide bonds. The van der Waals surface area contributed by atoms with Gasteiger partial charge in [-0.05, 0) is 12.8 Å². The van der Waals surface area contributed by atoms with Crippen LogP contribution in [0.4, 0.5) is 0 Å². The second-order valence-electron chi connectivity index (χ2n) is 9.40. The summed E-state index contributed by atoms with van der Waals surface area (Å²) in [6, 6.07) is 41.7. The molecule has 4 aromatic carbocycles. The minimum Gasteiger partial charge on any atom is -0.332 e. The molecule has 2 N–H and O–H groups in total. The molecule has 4 nitrogen and oxygen atoms in total. The molecule has 2 aromatic heterocycles. The number of hydrogen-bond donors (Lipinski definition) is 2. The van der Waals surface area contributed by atoms with Gasteiger partial charge in [0.05, 0.1) is 22.8 Å². The number of benzene rings is 4. The summed E-state index contributed by atoms with van der Waals surface area (Å²) in [6.45, 7) is 0. The molecule has 0 aliphatic carbocycles. The Balaban J connectivity index is 1.07. The van der Waals surface area contributed by atoms with Gasteiger partial charge >= 0.3 is 0 Å². The van der Waals surface area contributed by atoms with Gasteiger partial charge < -0.3 is 9.97 Å². The Morgan fingerprint density at radius 3 is 1.10 bits per heavy atom. The van der Waals surface area contributed by atoms with Crippen molar-refractivity contribution in [2.45, 2.75) is 23.2 Å². The van der Waals surface area contributed by atoms with Crippen LogP contribution >= 0.6 is 23.5 Å². The maximum atomic E-state index is 4.98. The molecule has 40 heavy (non-hydrogen) atoms. The highest BCUT2D eigenvalue weighted by Gasteiger charge is 2.15. The molecule has 2 heterocycles. The summed E-state index contributed by atoms with van der Waals surface area (Å²) < 4.78 is 0. The maximum absolute atomic E-state index is 4.98. The Morgan fingerprint density at radius 1 is 0.425 bits per heavy atom. The molecule has 6 aromatic rings. The highest BCUT2D eigenvalue weighted by Crippen LogP contribution is 2.34. The van der Waals surface area contributed by atoms with Crippen LogP contribution in [0.2, 0.25) is 0 Å². The van der Waals surface area contributed by atoms with Gasteiger partial charge in [0.2, 0.25) is 0 Å². The fourth-order valence-corrected chi connectivity index (χ4v) is 6.36. The molecular formula is C34H30N4S2. The number of H-pyrrole nitrogens is 2. The first kappa shape index (κ1) is 26.2. The van der Waals surface area contributed by atoms with Crippen LogP contribution in [0, 0.1) is 0 Å². The molecule has 0 bridgehead atoms. The zero-order chi connectivity index (χ0) is 27.0. The SMILES string of the molecule is c1ccc(-c2nc(SCCCCSc3nc(-c4ccccc4)c(-c4ccccc4)[nH]3)[nH]c2-c2ccccc2)cc1. The van der Waals surface area contributed by atoms with Crippen LogP contribution in [-0.4, -0.2) is 31.4 Å². The van der Waals surface area contributed by atoms with Gasteiger partial charge in [-0.1, -0.05) is 145 Å². The van der Waals surface area contributed by atoms with Crippen LogP contribution < -0.4 is 0 Å². The molecule has 0 saturated heterocycles. The van der Waals surface area contributed by atoms with Crippen LogP contribution in [0.5, 0.6) is 0 Å². The van der Waals surface area contributed by atoms with E-state index in [1.54, 1.807) is 23.5 Å². The summed E-state index contributed by atoms with van der Waals surface area (Å²) in [5.41, 5.74) is 8.73. The Bertz CT molecular complexity index is 1390. The largest absolute Gasteiger partial charge is 0.332 e. The number of aromatic nitrogens is 4. The Kier molecular flexibility index (Phi) is 8.46. The minimum atomic E-state index is 0.969. The standard InChI is InChI=1S/C34H30N4S2/c1-5-15-25(16-6-1)29-30(26-17-7-2-8-18-26)36-33(35-29)39-23-13-14-24-40-34-37-31(27-19-9-3-10-20-27)32(38-34)28-21-11-4-12-22-28/h1-12,15-22H,13-14,23-24H2,(H,35,36)(H,37,38). The molecule has 0 fully saturated rings. The highest BCUT2D eigenvalue weighted by atomic mass is 32.2. The lowest BCUT2D eigenvalue weighted by Crippen LogP contribution is -1.86.